The van der Waals surface area contributed by atoms with Crippen molar-refractivity contribution in [1.29, 1.82) is 0 Å². The highest BCUT2D eigenvalue weighted by atomic mass is 35.5. The molecule has 0 atom stereocenters. The predicted molar refractivity (Wildman–Crippen MR) is 156 cm³/mol. The highest BCUT2D eigenvalue weighted by Gasteiger charge is 2.18. The molecule has 0 aliphatic rings. The van der Waals surface area contributed by atoms with Crippen LogP contribution in [0.1, 0.15) is 12.5 Å². The van der Waals surface area contributed by atoms with Crippen molar-refractivity contribution in [1.82, 2.24) is 20.2 Å². The first kappa shape index (κ1) is 28.8. The van der Waals surface area contributed by atoms with Crippen LogP contribution in [-0.4, -0.2) is 60.6 Å². The van der Waals surface area contributed by atoms with Crippen LogP contribution in [0.15, 0.2) is 70.9 Å². The first-order valence-electron chi connectivity index (χ1n) is 12.2. The minimum absolute atomic E-state index is 0.0456. The highest BCUT2D eigenvalue weighted by molar-refractivity contribution is 7.99. The topological polar surface area (TPSA) is 109 Å². The number of carbonyl (C=O) groups excluding carboxylic acids is 1. The van der Waals surface area contributed by atoms with E-state index in [1.807, 2.05) is 47.9 Å². The van der Waals surface area contributed by atoms with Crippen molar-refractivity contribution in [2.45, 2.75) is 12.1 Å². The molecular formula is C28H28ClN5O5S. The van der Waals surface area contributed by atoms with Crippen LogP contribution in [0.5, 0.6) is 23.0 Å². The predicted octanol–water partition coefficient (Wildman–Crippen LogP) is 5.25. The number of benzene rings is 3. The van der Waals surface area contributed by atoms with Gasteiger partial charge in [0.1, 0.15) is 23.0 Å². The standard InChI is InChI=1S/C28H28ClN5O5S/c1-5-39-21-12-10-20(11-13-21)34-27(18-6-8-19(29)9-7-18)32-33-28(34)40-17-26(35)31-30-16-23-24(37-3)14-22(36-2)15-25(23)38-4/h6-16H,5,17H2,1-4H3,(H,31,35)/b30-16+. The van der Waals surface area contributed by atoms with Crippen molar-refractivity contribution < 1.29 is 23.7 Å². The van der Waals surface area contributed by atoms with Crippen molar-refractivity contribution in [3.63, 3.8) is 0 Å². The zero-order valence-corrected chi connectivity index (χ0v) is 24.0. The van der Waals surface area contributed by atoms with E-state index in [0.29, 0.717) is 45.4 Å². The molecule has 1 amide bonds. The zero-order chi connectivity index (χ0) is 28.5. The average Bonchev–Trinajstić information content (AvgIpc) is 3.40. The Morgan fingerprint density at radius 3 is 2.25 bits per heavy atom. The Balaban J connectivity index is 1.52. The summed E-state index contributed by atoms with van der Waals surface area (Å²) in [7, 11) is 4.61. The van der Waals surface area contributed by atoms with Gasteiger partial charge < -0.3 is 18.9 Å². The second-order valence-electron chi connectivity index (χ2n) is 8.10. The van der Waals surface area contributed by atoms with Crippen LogP contribution in [0, 0.1) is 0 Å². The molecular weight excluding hydrogens is 554 g/mol. The molecule has 0 bridgehead atoms. The average molecular weight is 582 g/mol. The van der Waals surface area contributed by atoms with E-state index in [2.05, 4.69) is 20.7 Å². The second-order valence-corrected chi connectivity index (χ2v) is 9.48. The third kappa shape index (κ3) is 6.85. The number of hydrogen-bond donors (Lipinski definition) is 1. The van der Waals surface area contributed by atoms with Gasteiger partial charge in [-0.3, -0.25) is 9.36 Å². The fourth-order valence-electron chi connectivity index (χ4n) is 3.73. The van der Waals surface area contributed by atoms with Crippen molar-refractivity contribution in [3.05, 3.63) is 71.2 Å². The molecule has 10 nitrogen and oxygen atoms in total. The number of aromatic nitrogens is 3. The van der Waals surface area contributed by atoms with Gasteiger partial charge in [-0.2, -0.15) is 5.10 Å². The van der Waals surface area contributed by atoms with Crippen LogP contribution >= 0.6 is 23.4 Å². The monoisotopic (exact) mass is 581 g/mol. The Morgan fingerprint density at radius 2 is 1.65 bits per heavy atom. The molecule has 1 N–H and O–H groups in total. The molecule has 0 spiro atoms. The maximum Gasteiger partial charge on any atom is 0.250 e. The molecule has 0 radical (unpaired) electrons. The number of rotatable bonds is 12. The number of methoxy groups -OCH3 is 3. The summed E-state index contributed by atoms with van der Waals surface area (Å²) in [5, 5.41) is 14.0. The SMILES string of the molecule is CCOc1ccc(-n2c(SCC(=O)N/N=C/c3c(OC)cc(OC)cc3OC)nnc2-c2ccc(Cl)cc2)cc1. The lowest BCUT2D eigenvalue weighted by atomic mass is 10.2. The van der Waals surface area contributed by atoms with E-state index in [9.17, 15) is 4.79 Å². The van der Waals surface area contributed by atoms with E-state index in [0.717, 1.165) is 17.0 Å². The molecule has 1 aromatic heterocycles. The Kier molecular flexibility index (Phi) is 9.87. The summed E-state index contributed by atoms with van der Waals surface area (Å²) in [6.07, 6.45) is 1.46. The van der Waals surface area contributed by atoms with Gasteiger partial charge in [0.2, 0.25) is 0 Å². The van der Waals surface area contributed by atoms with Crippen LogP contribution in [0.2, 0.25) is 5.02 Å². The Bertz CT molecular complexity index is 1450. The molecule has 1 heterocycles. The Hall–Kier alpha value is -4.22. The van der Waals surface area contributed by atoms with Crippen molar-refractivity contribution in [2.75, 3.05) is 33.7 Å². The van der Waals surface area contributed by atoms with E-state index in [-0.39, 0.29) is 11.7 Å². The number of halogens is 1. The van der Waals surface area contributed by atoms with Gasteiger partial charge in [-0.1, -0.05) is 23.4 Å². The summed E-state index contributed by atoms with van der Waals surface area (Å²) >= 11 is 7.31. The summed E-state index contributed by atoms with van der Waals surface area (Å²) in [6.45, 7) is 2.50. The van der Waals surface area contributed by atoms with Crippen LogP contribution < -0.4 is 24.4 Å². The first-order chi connectivity index (χ1) is 19.5. The van der Waals surface area contributed by atoms with Gasteiger partial charge in [0.15, 0.2) is 11.0 Å². The molecule has 0 aliphatic carbocycles. The van der Waals surface area contributed by atoms with Gasteiger partial charge >= 0.3 is 0 Å². The minimum atomic E-state index is -0.331. The number of ether oxygens (including phenoxy) is 4. The molecule has 0 fully saturated rings. The van der Waals surface area contributed by atoms with Gasteiger partial charge in [0.05, 0.1) is 45.5 Å². The van der Waals surface area contributed by atoms with Crippen LogP contribution in [-0.2, 0) is 4.79 Å². The third-order valence-electron chi connectivity index (χ3n) is 5.61. The summed E-state index contributed by atoms with van der Waals surface area (Å²) in [4.78, 5) is 12.7. The fourth-order valence-corrected chi connectivity index (χ4v) is 4.60. The lowest BCUT2D eigenvalue weighted by molar-refractivity contribution is -0.118. The van der Waals surface area contributed by atoms with Crippen molar-refractivity contribution in [3.8, 4) is 40.1 Å². The number of hydrogen-bond acceptors (Lipinski definition) is 9. The zero-order valence-electron chi connectivity index (χ0n) is 22.4. The first-order valence-corrected chi connectivity index (χ1v) is 13.5. The van der Waals surface area contributed by atoms with Crippen LogP contribution in [0.25, 0.3) is 17.1 Å². The molecule has 0 saturated heterocycles. The normalized spacial score (nSPS) is 10.9. The quantitative estimate of drug-likeness (QED) is 0.137. The number of carbonyl (C=O) groups is 1. The Labute approximate surface area is 241 Å². The van der Waals surface area contributed by atoms with E-state index in [1.54, 1.807) is 31.4 Å². The summed E-state index contributed by atoms with van der Waals surface area (Å²) < 4.78 is 23.5. The molecule has 0 unspecified atom stereocenters. The Morgan fingerprint density at radius 1 is 0.975 bits per heavy atom. The molecule has 3 aromatic carbocycles. The molecule has 0 aliphatic heterocycles. The third-order valence-corrected chi connectivity index (χ3v) is 6.79. The molecule has 208 valence electrons. The smallest absolute Gasteiger partial charge is 0.250 e. The van der Waals surface area contributed by atoms with E-state index >= 15 is 0 Å². The van der Waals surface area contributed by atoms with E-state index in [4.69, 9.17) is 30.5 Å². The summed E-state index contributed by atoms with van der Waals surface area (Å²) in [5.41, 5.74) is 4.74. The van der Waals surface area contributed by atoms with Crippen molar-refractivity contribution >= 4 is 35.5 Å². The maximum absolute atomic E-state index is 12.7. The van der Waals surface area contributed by atoms with Gasteiger partial charge in [0, 0.05) is 28.4 Å². The van der Waals surface area contributed by atoms with E-state index < -0.39 is 0 Å². The van der Waals surface area contributed by atoms with Crippen LogP contribution in [0.3, 0.4) is 0 Å². The minimum Gasteiger partial charge on any atom is -0.496 e. The molecule has 4 aromatic rings. The number of amides is 1. The van der Waals surface area contributed by atoms with Crippen molar-refractivity contribution in [2.24, 2.45) is 5.10 Å². The van der Waals surface area contributed by atoms with Gasteiger partial charge in [-0.25, -0.2) is 5.43 Å². The number of thioether (sulfide) groups is 1. The van der Waals surface area contributed by atoms with Crippen LogP contribution in [0.4, 0.5) is 0 Å². The summed E-state index contributed by atoms with van der Waals surface area (Å²) in [6, 6.07) is 18.3. The molecule has 12 heteroatoms. The van der Waals surface area contributed by atoms with Gasteiger partial charge in [-0.15, -0.1) is 10.2 Å². The summed E-state index contributed by atoms with van der Waals surface area (Å²) in [5.74, 6) is 2.63. The highest BCUT2D eigenvalue weighted by Crippen LogP contribution is 2.33. The second kappa shape index (κ2) is 13.7. The lowest BCUT2D eigenvalue weighted by Gasteiger charge is -2.12. The number of hydrazone groups is 1. The van der Waals surface area contributed by atoms with Gasteiger partial charge in [0.25, 0.3) is 5.91 Å². The molecule has 0 saturated carbocycles. The number of nitrogens with one attached hydrogen (secondary N) is 1. The molecule has 4 rings (SSSR count). The van der Waals surface area contributed by atoms with E-state index in [1.165, 1.54) is 32.2 Å². The molecule has 40 heavy (non-hydrogen) atoms. The maximum atomic E-state index is 12.7. The largest absolute Gasteiger partial charge is 0.496 e. The number of nitrogens with zero attached hydrogens (tertiary/aromatic N) is 4. The fraction of sp³-hybridized carbons (Fsp3) is 0.214. The van der Waals surface area contributed by atoms with Gasteiger partial charge in [-0.05, 0) is 55.5 Å². The lowest BCUT2D eigenvalue weighted by Crippen LogP contribution is -2.20.